The van der Waals surface area contributed by atoms with Gasteiger partial charge in [0.05, 0.1) is 17.1 Å². The first-order valence-corrected chi connectivity index (χ1v) is 7.07. The van der Waals surface area contributed by atoms with Gasteiger partial charge in [0.15, 0.2) is 0 Å². The molecular formula is C16H11NO2S. The molecule has 0 fully saturated rings. The van der Waals surface area contributed by atoms with E-state index in [9.17, 15) is 4.79 Å². The number of fused-ring (bicyclic) bond motifs is 1. The van der Waals surface area contributed by atoms with Crippen molar-refractivity contribution in [2.45, 2.75) is 4.90 Å². The maximum Gasteiger partial charge on any atom is 0.335 e. The first-order valence-electron chi connectivity index (χ1n) is 6.08. The lowest BCUT2D eigenvalue weighted by Crippen LogP contribution is -2.10. The van der Waals surface area contributed by atoms with Gasteiger partial charge in [-0.3, -0.25) is 4.90 Å². The van der Waals surface area contributed by atoms with Crippen LogP contribution in [0, 0.1) is 12.0 Å². The zero-order valence-corrected chi connectivity index (χ0v) is 11.4. The van der Waals surface area contributed by atoms with E-state index in [1.807, 2.05) is 29.2 Å². The zero-order valence-electron chi connectivity index (χ0n) is 10.5. The molecular weight excluding hydrogens is 270 g/mol. The molecule has 4 heteroatoms. The van der Waals surface area contributed by atoms with Crippen molar-refractivity contribution in [3.63, 3.8) is 0 Å². The van der Waals surface area contributed by atoms with Gasteiger partial charge in [-0.25, -0.2) is 4.79 Å². The number of carboxylic acids is 1. The van der Waals surface area contributed by atoms with Crippen LogP contribution in [0.3, 0.4) is 0 Å². The van der Waals surface area contributed by atoms with E-state index >= 15 is 0 Å². The molecule has 1 N–H and O–H groups in total. The van der Waals surface area contributed by atoms with Crippen LogP contribution in [-0.4, -0.2) is 17.0 Å². The largest absolute Gasteiger partial charge is 0.478 e. The molecule has 0 aliphatic carbocycles. The van der Waals surface area contributed by atoms with E-state index in [4.69, 9.17) is 5.11 Å². The molecule has 2 aromatic rings. The fraction of sp³-hybridized carbons (Fsp3) is 0.0625. The molecule has 20 heavy (non-hydrogen) atoms. The standard InChI is InChI=1S/C16H11NO2S/c18-16(19)13-5-3-4-12(10-13)8-9-17-11-20-15-7-2-1-6-14(15)17/h1-7,10H,11H2,(H,18,19). The topological polar surface area (TPSA) is 40.5 Å². The molecule has 0 aromatic heterocycles. The fourth-order valence-corrected chi connectivity index (χ4v) is 2.93. The maximum atomic E-state index is 10.9. The average Bonchev–Trinajstić information content (AvgIpc) is 2.89. The van der Waals surface area contributed by atoms with Gasteiger partial charge < -0.3 is 5.11 Å². The molecule has 0 atom stereocenters. The fourth-order valence-electron chi connectivity index (χ4n) is 1.96. The first kappa shape index (κ1) is 12.6. The minimum Gasteiger partial charge on any atom is -0.478 e. The lowest BCUT2D eigenvalue weighted by molar-refractivity contribution is 0.0697. The van der Waals surface area contributed by atoms with Crippen LogP contribution in [0.25, 0.3) is 0 Å². The second kappa shape index (κ2) is 5.32. The molecule has 1 heterocycles. The summed E-state index contributed by atoms with van der Waals surface area (Å²) in [5.74, 6) is 2.88. The molecule has 1 aliphatic rings. The number of carboxylic acid groups (broad SMARTS) is 1. The smallest absolute Gasteiger partial charge is 0.335 e. The quantitative estimate of drug-likeness (QED) is 0.815. The van der Waals surface area contributed by atoms with E-state index in [1.165, 1.54) is 4.90 Å². The van der Waals surface area contributed by atoms with E-state index < -0.39 is 5.97 Å². The van der Waals surface area contributed by atoms with Crippen molar-refractivity contribution >= 4 is 23.4 Å². The van der Waals surface area contributed by atoms with Crippen molar-refractivity contribution in [1.29, 1.82) is 0 Å². The Morgan fingerprint density at radius 2 is 2.05 bits per heavy atom. The third kappa shape index (κ3) is 2.49. The van der Waals surface area contributed by atoms with Crippen molar-refractivity contribution in [3.8, 4) is 12.0 Å². The Kier molecular flexibility index (Phi) is 3.36. The summed E-state index contributed by atoms with van der Waals surface area (Å²) in [7, 11) is 0. The lowest BCUT2D eigenvalue weighted by atomic mass is 10.1. The minimum absolute atomic E-state index is 0.257. The number of rotatable bonds is 1. The Labute approximate surface area is 121 Å². The molecule has 0 radical (unpaired) electrons. The molecule has 0 saturated carbocycles. The Hall–Kier alpha value is -2.38. The number of thioether (sulfide) groups is 1. The summed E-state index contributed by atoms with van der Waals surface area (Å²) in [6.07, 6.45) is 0. The third-order valence-corrected chi connectivity index (χ3v) is 3.99. The number of benzene rings is 2. The summed E-state index contributed by atoms with van der Waals surface area (Å²) in [6, 6.07) is 17.9. The summed E-state index contributed by atoms with van der Waals surface area (Å²) in [6.45, 7) is 0. The SMILES string of the molecule is O=C(O)c1cccc(C#CN2CSc3ccccc32)c1. The van der Waals surface area contributed by atoms with Crippen LogP contribution >= 0.6 is 11.8 Å². The average molecular weight is 281 g/mol. The van der Waals surface area contributed by atoms with Crippen molar-refractivity contribution in [2.75, 3.05) is 10.8 Å². The van der Waals surface area contributed by atoms with Crippen LogP contribution in [0.5, 0.6) is 0 Å². The molecule has 3 nitrogen and oxygen atoms in total. The third-order valence-electron chi connectivity index (χ3n) is 2.95. The molecule has 0 bridgehead atoms. The van der Waals surface area contributed by atoms with Crippen LogP contribution in [-0.2, 0) is 0 Å². The van der Waals surface area contributed by atoms with Gasteiger partial charge in [-0.2, -0.15) is 0 Å². The highest BCUT2D eigenvalue weighted by Gasteiger charge is 2.16. The van der Waals surface area contributed by atoms with Gasteiger partial charge in [0.1, 0.15) is 0 Å². The van der Waals surface area contributed by atoms with Crippen molar-refractivity contribution in [2.24, 2.45) is 0 Å². The van der Waals surface area contributed by atoms with Crippen LogP contribution < -0.4 is 4.90 Å². The molecule has 0 spiro atoms. The maximum absolute atomic E-state index is 10.9. The molecule has 0 unspecified atom stereocenters. The van der Waals surface area contributed by atoms with Gasteiger partial charge in [-0.05, 0) is 36.3 Å². The zero-order chi connectivity index (χ0) is 13.9. The molecule has 0 amide bonds. The molecule has 0 saturated heterocycles. The van der Waals surface area contributed by atoms with E-state index in [0.717, 1.165) is 11.6 Å². The van der Waals surface area contributed by atoms with Gasteiger partial charge in [-0.1, -0.05) is 18.2 Å². The highest BCUT2D eigenvalue weighted by Crippen LogP contribution is 2.37. The Balaban J connectivity index is 1.87. The highest BCUT2D eigenvalue weighted by atomic mass is 32.2. The Morgan fingerprint density at radius 1 is 1.20 bits per heavy atom. The molecule has 98 valence electrons. The van der Waals surface area contributed by atoms with Gasteiger partial charge in [0.25, 0.3) is 0 Å². The molecule has 1 aliphatic heterocycles. The van der Waals surface area contributed by atoms with Crippen molar-refractivity contribution in [1.82, 2.24) is 0 Å². The highest BCUT2D eigenvalue weighted by molar-refractivity contribution is 7.99. The second-order valence-electron chi connectivity index (χ2n) is 4.29. The van der Waals surface area contributed by atoms with Gasteiger partial charge in [0, 0.05) is 16.5 Å². The lowest BCUT2D eigenvalue weighted by Gasteiger charge is -2.08. The van der Waals surface area contributed by atoms with Crippen LogP contribution in [0.1, 0.15) is 15.9 Å². The molecule has 3 rings (SSSR count). The summed E-state index contributed by atoms with van der Waals surface area (Å²) in [5, 5.41) is 8.96. The van der Waals surface area contributed by atoms with Gasteiger partial charge in [-0.15, -0.1) is 11.8 Å². The van der Waals surface area contributed by atoms with Gasteiger partial charge >= 0.3 is 5.97 Å². The predicted molar refractivity (Wildman–Crippen MR) is 79.9 cm³/mol. The van der Waals surface area contributed by atoms with E-state index in [1.54, 1.807) is 30.0 Å². The Morgan fingerprint density at radius 3 is 2.90 bits per heavy atom. The van der Waals surface area contributed by atoms with Crippen LogP contribution in [0.2, 0.25) is 0 Å². The van der Waals surface area contributed by atoms with E-state index in [2.05, 4.69) is 18.0 Å². The number of nitrogens with zero attached hydrogens (tertiary/aromatic N) is 1. The number of carbonyl (C=O) groups is 1. The molecule has 2 aromatic carbocycles. The number of anilines is 1. The van der Waals surface area contributed by atoms with Crippen molar-refractivity contribution < 1.29 is 9.90 Å². The summed E-state index contributed by atoms with van der Waals surface area (Å²) < 4.78 is 0. The van der Waals surface area contributed by atoms with E-state index in [0.29, 0.717) is 5.56 Å². The number of hydrogen-bond acceptors (Lipinski definition) is 3. The minimum atomic E-state index is -0.935. The summed E-state index contributed by atoms with van der Waals surface area (Å²) >= 11 is 1.75. The number of hydrogen-bond donors (Lipinski definition) is 1. The van der Waals surface area contributed by atoms with Crippen LogP contribution in [0.4, 0.5) is 5.69 Å². The summed E-state index contributed by atoms with van der Waals surface area (Å²) in [4.78, 5) is 14.1. The first-order chi connectivity index (χ1) is 9.74. The summed E-state index contributed by atoms with van der Waals surface area (Å²) in [5.41, 5.74) is 2.08. The van der Waals surface area contributed by atoms with Crippen LogP contribution in [0.15, 0.2) is 53.4 Å². The normalized spacial score (nSPS) is 12.5. The van der Waals surface area contributed by atoms with Crippen molar-refractivity contribution in [3.05, 3.63) is 59.7 Å². The Bertz CT molecular complexity index is 730. The van der Waals surface area contributed by atoms with E-state index in [-0.39, 0.29) is 5.56 Å². The van der Waals surface area contributed by atoms with Gasteiger partial charge in [0.2, 0.25) is 0 Å². The second-order valence-corrected chi connectivity index (χ2v) is 5.28. The monoisotopic (exact) mass is 281 g/mol. The predicted octanol–water partition coefficient (Wildman–Crippen LogP) is 3.26. The number of aromatic carboxylic acids is 1. The number of para-hydroxylation sites is 1.